The highest BCUT2D eigenvalue weighted by molar-refractivity contribution is 5.89. The highest BCUT2D eigenvalue weighted by Gasteiger charge is 2.25. The summed E-state index contributed by atoms with van der Waals surface area (Å²) in [7, 11) is 0. The fourth-order valence-electron chi connectivity index (χ4n) is 4.43. The summed E-state index contributed by atoms with van der Waals surface area (Å²) in [5.74, 6) is -0.0915. The van der Waals surface area contributed by atoms with Gasteiger partial charge < -0.3 is 24.4 Å². The van der Waals surface area contributed by atoms with E-state index in [1.807, 2.05) is 12.1 Å². The van der Waals surface area contributed by atoms with Crippen molar-refractivity contribution in [3.63, 3.8) is 0 Å². The number of carbonyl (C=O) groups excluding carboxylic acids is 2. The van der Waals surface area contributed by atoms with Crippen molar-refractivity contribution in [1.82, 2.24) is 0 Å². The van der Waals surface area contributed by atoms with E-state index in [-0.39, 0.29) is 49.3 Å². The van der Waals surface area contributed by atoms with Gasteiger partial charge in [0.2, 0.25) is 0 Å². The van der Waals surface area contributed by atoms with Gasteiger partial charge in [0, 0.05) is 17.4 Å². The van der Waals surface area contributed by atoms with Gasteiger partial charge in [-0.15, -0.1) is 0 Å². The van der Waals surface area contributed by atoms with Crippen molar-refractivity contribution in [3.05, 3.63) is 90.0 Å². The molecular weight excluding hydrogens is 556 g/mol. The van der Waals surface area contributed by atoms with E-state index in [1.54, 1.807) is 37.3 Å². The van der Waals surface area contributed by atoms with Crippen molar-refractivity contribution < 1.29 is 34.0 Å². The maximum atomic E-state index is 12.6. The summed E-state index contributed by atoms with van der Waals surface area (Å²) in [5.41, 5.74) is 3.61. The second kappa shape index (κ2) is 17.4. The van der Waals surface area contributed by atoms with Crippen molar-refractivity contribution in [2.75, 3.05) is 19.8 Å². The molecule has 0 fully saturated rings. The molecule has 3 aromatic carbocycles. The Morgan fingerprint density at radius 2 is 1.39 bits per heavy atom. The SMILES string of the molecule is C=C(C)C(=O)Oc1cc(CCC(=O)Oc2ccc(-c3ccc(CCCCCCC)cc3)cc2)ccc1OCC(C)(CO)CO. The van der Waals surface area contributed by atoms with E-state index in [9.17, 15) is 19.8 Å². The zero-order chi connectivity index (χ0) is 32.0. The van der Waals surface area contributed by atoms with Crippen LogP contribution in [0.15, 0.2) is 78.9 Å². The van der Waals surface area contributed by atoms with Crippen LogP contribution in [0.4, 0.5) is 0 Å². The molecule has 0 amide bonds. The molecule has 0 unspecified atom stereocenters. The first-order valence-electron chi connectivity index (χ1n) is 15.4. The van der Waals surface area contributed by atoms with E-state index in [0.29, 0.717) is 12.2 Å². The standard InChI is InChI=1S/C37H46O7/c1-5-6-7-8-9-10-28-11-15-30(16-12-28)31-17-19-32(20-18-31)43-35(40)22-14-29-13-21-33(42-26-37(4,24-38)25-39)34(23-29)44-36(41)27(2)3/h11-13,15-21,23,38-39H,2,5-10,14,22,24-26H2,1,3-4H3. The molecule has 7 heteroatoms. The monoisotopic (exact) mass is 602 g/mol. The van der Waals surface area contributed by atoms with Crippen molar-refractivity contribution in [2.24, 2.45) is 5.41 Å². The Bertz CT molecular complexity index is 1360. The molecule has 7 nitrogen and oxygen atoms in total. The lowest BCUT2D eigenvalue weighted by Gasteiger charge is -2.25. The van der Waals surface area contributed by atoms with Crippen molar-refractivity contribution >= 4 is 11.9 Å². The third-order valence-corrected chi connectivity index (χ3v) is 7.46. The number of hydrogen-bond donors (Lipinski definition) is 2. The maximum Gasteiger partial charge on any atom is 0.338 e. The molecular formula is C37H46O7. The van der Waals surface area contributed by atoms with Gasteiger partial charge in [0.25, 0.3) is 0 Å². The minimum absolute atomic E-state index is 0.00654. The highest BCUT2D eigenvalue weighted by Crippen LogP contribution is 2.31. The topological polar surface area (TPSA) is 102 Å². The Morgan fingerprint density at radius 1 is 0.773 bits per heavy atom. The normalized spacial score (nSPS) is 11.2. The fraction of sp³-hybridized carbons (Fsp3) is 0.405. The van der Waals surface area contributed by atoms with E-state index in [1.165, 1.54) is 44.6 Å². The van der Waals surface area contributed by atoms with E-state index in [4.69, 9.17) is 14.2 Å². The third kappa shape index (κ3) is 11.0. The summed E-state index contributed by atoms with van der Waals surface area (Å²) < 4.78 is 16.8. The molecule has 236 valence electrons. The Hall–Kier alpha value is -3.94. The second-order valence-corrected chi connectivity index (χ2v) is 11.7. The van der Waals surface area contributed by atoms with E-state index >= 15 is 0 Å². The zero-order valence-electron chi connectivity index (χ0n) is 26.3. The number of aliphatic hydroxyl groups is 2. The van der Waals surface area contributed by atoms with Crippen LogP contribution in [-0.2, 0) is 22.4 Å². The van der Waals surface area contributed by atoms with Crippen LogP contribution in [0.3, 0.4) is 0 Å². The van der Waals surface area contributed by atoms with Gasteiger partial charge in [0.1, 0.15) is 5.75 Å². The van der Waals surface area contributed by atoms with E-state index < -0.39 is 11.4 Å². The van der Waals surface area contributed by atoms with Crippen LogP contribution in [0, 0.1) is 5.41 Å². The predicted octanol–water partition coefficient (Wildman–Crippen LogP) is 7.26. The van der Waals surface area contributed by atoms with Crippen LogP contribution in [0.5, 0.6) is 17.2 Å². The zero-order valence-corrected chi connectivity index (χ0v) is 26.3. The number of esters is 2. The van der Waals surface area contributed by atoms with Gasteiger partial charge in [-0.3, -0.25) is 4.79 Å². The quantitative estimate of drug-likeness (QED) is 0.0684. The molecule has 2 N–H and O–H groups in total. The summed E-state index contributed by atoms with van der Waals surface area (Å²) in [6.07, 6.45) is 7.94. The fourth-order valence-corrected chi connectivity index (χ4v) is 4.43. The predicted molar refractivity (Wildman–Crippen MR) is 173 cm³/mol. The van der Waals surface area contributed by atoms with Crippen molar-refractivity contribution in [3.8, 4) is 28.4 Å². The lowest BCUT2D eigenvalue weighted by atomic mass is 9.94. The Labute approximate surface area is 261 Å². The molecule has 44 heavy (non-hydrogen) atoms. The molecule has 0 aliphatic rings. The molecule has 0 saturated carbocycles. The van der Waals surface area contributed by atoms with Gasteiger partial charge in [-0.05, 0) is 72.7 Å². The Balaban J connectivity index is 1.56. The van der Waals surface area contributed by atoms with E-state index in [0.717, 1.165) is 23.1 Å². The minimum atomic E-state index is -0.867. The highest BCUT2D eigenvalue weighted by atomic mass is 16.6. The smallest absolute Gasteiger partial charge is 0.338 e. The number of hydrogen-bond acceptors (Lipinski definition) is 7. The lowest BCUT2D eigenvalue weighted by Crippen LogP contribution is -2.33. The Morgan fingerprint density at radius 3 is 2.00 bits per heavy atom. The van der Waals surface area contributed by atoms with Gasteiger partial charge in [0.15, 0.2) is 11.5 Å². The summed E-state index contributed by atoms with van der Waals surface area (Å²) >= 11 is 0. The van der Waals surface area contributed by atoms with Gasteiger partial charge in [-0.1, -0.05) is 88.6 Å². The number of rotatable bonds is 18. The number of ether oxygens (including phenoxy) is 3. The molecule has 0 aromatic heterocycles. The molecule has 0 aliphatic carbocycles. The van der Waals surface area contributed by atoms with Crippen LogP contribution in [-0.4, -0.2) is 42.0 Å². The van der Waals surface area contributed by atoms with Gasteiger partial charge >= 0.3 is 11.9 Å². The summed E-state index contributed by atoms with van der Waals surface area (Å²) in [6, 6.07) is 21.2. The summed E-state index contributed by atoms with van der Waals surface area (Å²) in [5, 5.41) is 19.1. The molecule has 0 atom stereocenters. The molecule has 0 bridgehead atoms. The Kier molecular flexibility index (Phi) is 13.6. The molecule has 3 aromatic rings. The molecule has 0 radical (unpaired) electrons. The number of aryl methyl sites for hydroxylation is 2. The summed E-state index contributed by atoms with van der Waals surface area (Å²) in [4.78, 5) is 24.9. The first-order chi connectivity index (χ1) is 21.2. The van der Waals surface area contributed by atoms with Crippen LogP contribution < -0.4 is 14.2 Å². The first-order valence-corrected chi connectivity index (χ1v) is 15.4. The van der Waals surface area contributed by atoms with Gasteiger partial charge in [0.05, 0.1) is 19.8 Å². The van der Waals surface area contributed by atoms with E-state index in [2.05, 4.69) is 37.8 Å². The lowest BCUT2D eigenvalue weighted by molar-refractivity contribution is -0.134. The van der Waals surface area contributed by atoms with Crippen LogP contribution in [0.25, 0.3) is 11.1 Å². The van der Waals surface area contributed by atoms with Crippen LogP contribution >= 0.6 is 0 Å². The van der Waals surface area contributed by atoms with Crippen molar-refractivity contribution in [2.45, 2.75) is 72.1 Å². The van der Waals surface area contributed by atoms with Gasteiger partial charge in [-0.25, -0.2) is 4.79 Å². The maximum absolute atomic E-state index is 12.6. The first kappa shape index (κ1) is 34.5. The molecule has 0 saturated heterocycles. The number of benzene rings is 3. The number of aliphatic hydroxyl groups excluding tert-OH is 2. The largest absolute Gasteiger partial charge is 0.489 e. The minimum Gasteiger partial charge on any atom is -0.489 e. The molecule has 0 heterocycles. The molecule has 0 aliphatic heterocycles. The van der Waals surface area contributed by atoms with Gasteiger partial charge in [-0.2, -0.15) is 0 Å². The number of carbonyl (C=O) groups is 2. The average Bonchev–Trinajstić information content (AvgIpc) is 3.03. The van der Waals surface area contributed by atoms with Crippen molar-refractivity contribution in [1.29, 1.82) is 0 Å². The molecule has 0 spiro atoms. The number of unbranched alkanes of at least 4 members (excludes halogenated alkanes) is 4. The molecule has 3 rings (SSSR count). The van der Waals surface area contributed by atoms with Crippen LogP contribution in [0.2, 0.25) is 0 Å². The van der Waals surface area contributed by atoms with Crippen LogP contribution in [0.1, 0.15) is 70.4 Å². The average molecular weight is 603 g/mol. The summed E-state index contributed by atoms with van der Waals surface area (Å²) in [6.45, 7) is 8.51. The third-order valence-electron chi connectivity index (χ3n) is 7.46. The second-order valence-electron chi connectivity index (χ2n) is 11.7.